The number of halogens is 2. The van der Waals surface area contributed by atoms with Gasteiger partial charge in [0.2, 0.25) is 5.13 Å². The van der Waals surface area contributed by atoms with Crippen LogP contribution in [0.15, 0.2) is 88.4 Å². The molecule has 2 heterocycles. The van der Waals surface area contributed by atoms with E-state index < -0.39 is 4.92 Å². The summed E-state index contributed by atoms with van der Waals surface area (Å²) >= 11 is 13.6. The molecule has 4 aromatic rings. The van der Waals surface area contributed by atoms with E-state index in [0.29, 0.717) is 39.5 Å². The number of nitro groups is 1. The largest absolute Gasteiger partial charge is 0.336 e. The van der Waals surface area contributed by atoms with Crippen molar-refractivity contribution in [2.75, 3.05) is 12.5 Å². The number of benzene rings is 3. The molecule has 40 heavy (non-hydrogen) atoms. The Hall–Kier alpha value is -3.83. The Kier molecular flexibility index (Phi) is 8.71. The monoisotopic (exact) mass is 594 g/mol. The molecular formula is C28H24Cl2N6O3S. The summed E-state index contributed by atoms with van der Waals surface area (Å²) in [6, 6.07) is 22.0. The molecule has 12 heteroatoms. The lowest BCUT2D eigenvalue weighted by molar-refractivity contribution is -0.384. The molecule has 3 aromatic carbocycles. The molecule has 0 amide bonds. The minimum Gasteiger partial charge on any atom is -0.336 e. The van der Waals surface area contributed by atoms with Gasteiger partial charge in [-0.05, 0) is 60.1 Å². The molecule has 2 atom stereocenters. The first-order valence-corrected chi connectivity index (χ1v) is 13.9. The van der Waals surface area contributed by atoms with E-state index in [1.807, 2.05) is 48.5 Å². The highest BCUT2D eigenvalue weighted by Gasteiger charge is 2.33. The number of nitro benzene ring substituents is 1. The lowest BCUT2D eigenvalue weighted by Gasteiger charge is -2.40. The fraction of sp³-hybridized carbons (Fsp3) is 0.179. The third-order valence-corrected chi connectivity index (χ3v) is 7.81. The van der Waals surface area contributed by atoms with Gasteiger partial charge in [0.15, 0.2) is 0 Å². The quantitative estimate of drug-likeness (QED) is 0.127. The molecule has 1 N–H and O–H groups in total. The van der Waals surface area contributed by atoms with Gasteiger partial charge in [0.1, 0.15) is 0 Å². The van der Waals surface area contributed by atoms with Crippen molar-refractivity contribution < 1.29 is 9.76 Å². The molecule has 0 spiro atoms. The predicted octanol–water partition coefficient (Wildman–Crippen LogP) is 7.75. The molecule has 0 radical (unpaired) electrons. The maximum Gasteiger partial charge on any atom is 0.269 e. The molecular weight excluding hydrogens is 571 g/mol. The zero-order valence-corrected chi connectivity index (χ0v) is 23.6. The second-order valence-electron chi connectivity index (χ2n) is 9.17. The highest BCUT2D eigenvalue weighted by atomic mass is 35.5. The van der Waals surface area contributed by atoms with Crippen molar-refractivity contribution in [3.05, 3.63) is 115 Å². The number of likely N-dealkylation sites (tertiary alicyclic amines) is 1. The van der Waals surface area contributed by atoms with Crippen LogP contribution >= 0.6 is 34.5 Å². The number of anilines is 1. The lowest BCUT2D eigenvalue weighted by atomic mass is 9.87. The van der Waals surface area contributed by atoms with E-state index in [2.05, 4.69) is 32.6 Å². The molecule has 2 unspecified atom stereocenters. The molecule has 0 aliphatic carbocycles. The average Bonchev–Trinajstić information content (AvgIpc) is 3.41. The first-order valence-electron chi connectivity index (χ1n) is 12.3. The second kappa shape index (κ2) is 12.6. The Morgan fingerprint density at radius 1 is 1.00 bits per heavy atom. The Labute approximate surface area is 244 Å². The fourth-order valence-corrected chi connectivity index (χ4v) is 5.30. The van der Waals surface area contributed by atoms with Crippen molar-refractivity contribution in [2.24, 2.45) is 10.3 Å². The third kappa shape index (κ3) is 6.83. The second-order valence-corrected chi connectivity index (χ2v) is 10.9. The van der Waals surface area contributed by atoms with Crippen molar-refractivity contribution >= 4 is 57.3 Å². The summed E-state index contributed by atoms with van der Waals surface area (Å²) < 4.78 is 0. The van der Waals surface area contributed by atoms with E-state index in [1.54, 1.807) is 23.7 Å². The summed E-state index contributed by atoms with van der Waals surface area (Å²) in [7, 11) is 2.12. The van der Waals surface area contributed by atoms with Gasteiger partial charge in [-0.2, -0.15) is 10.1 Å². The molecule has 204 valence electrons. The summed E-state index contributed by atoms with van der Waals surface area (Å²) in [4.78, 5) is 22.8. The van der Waals surface area contributed by atoms with Gasteiger partial charge < -0.3 is 4.84 Å². The van der Waals surface area contributed by atoms with Crippen LogP contribution in [-0.2, 0) is 0 Å². The predicted molar refractivity (Wildman–Crippen MR) is 160 cm³/mol. The topological polar surface area (TPSA) is 105 Å². The fourth-order valence-electron chi connectivity index (χ4n) is 4.49. The first-order chi connectivity index (χ1) is 19.4. The van der Waals surface area contributed by atoms with Crippen LogP contribution in [0.2, 0.25) is 10.0 Å². The number of hydrogen-bond donors (Lipinski definition) is 1. The Balaban J connectivity index is 1.28. The lowest BCUT2D eigenvalue weighted by Crippen LogP contribution is -2.37. The first kappa shape index (κ1) is 27.7. The van der Waals surface area contributed by atoms with Gasteiger partial charge in [0.05, 0.1) is 22.2 Å². The number of nitrogens with zero attached hydrogens (tertiary/aromatic N) is 5. The molecule has 1 aliphatic heterocycles. The van der Waals surface area contributed by atoms with Gasteiger partial charge in [0, 0.05) is 47.1 Å². The minimum absolute atomic E-state index is 0.0250. The maximum atomic E-state index is 10.8. The van der Waals surface area contributed by atoms with Gasteiger partial charge in [-0.1, -0.05) is 64.0 Å². The van der Waals surface area contributed by atoms with E-state index in [-0.39, 0.29) is 17.8 Å². The van der Waals surface area contributed by atoms with Crippen molar-refractivity contribution in [1.29, 1.82) is 0 Å². The zero-order chi connectivity index (χ0) is 28.1. The highest BCUT2D eigenvalue weighted by molar-refractivity contribution is 7.13. The van der Waals surface area contributed by atoms with Gasteiger partial charge in [0.25, 0.3) is 11.6 Å². The number of aromatic nitrogens is 1. The van der Waals surface area contributed by atoms with Crippen LogP contribution in [0.25, 0.3) is 0 Å². The standard InChI is InChI=1S/C28H24Cl2N6O3S/c1-35-25(19-4-8-21(29)9-5-19)14-23(15-26(35)20-6-10-22(30)11-7-20)34-39-27-17-40-28(32-27)33-31-16-18-2-12-24(13-3-18)36(37)38/h2-13,16-17,25-26H,14-15H2,1H3,(H,32,33). The molecule has 1 saturated heterocycles. The number of hydrogen-bond acceptors (Lipinski definition) is 9. The maximum absolute atomic E-state index is 10.8. The number of thiazole rings is 1. The summed E-state index contributed by atoms with van der Waals surface area (Å²) in [6.45, 7) is 0. The molecule has 5 rings (SSSR count). The van der Waals surface area contributed by atoms with E-state index >= 15 is 0 Å². The number of nitrogens with one attached hydrogen (secondary N) is 1. The number of hydrazone groups is 1. The van der Waals surface area contributed by atoms with Crippen LogP contribution in [0.4, 0.5) is 10.8 Å². The van der Waals surface area contributed by atoms with Crippen LogP contribution in [0, 0.1) is 10.1 Å². The molecule has 1 aromatic heterocycles. The van der Waals surface area contributed by atoms with Gasteiger partial charge in [-0.3, -0.25) is 20.4 Å². The van der Waals surface area contributed by atoms with Gasteiger partial charge >= 0.3 is 0 Å². The molecule has 1 aliphatic rings. The summed E-state index contributed by atoms with van der Waals surface area (Å²) in [6.07, 6.45) is 2.94. The SMILES string of the molecule is CN1C(c2ccc(Cl)cc2)CC(=NOc2csc(NN=Cc3ccc([N+](=O)[O-])cc3)n2)CC1c1ccc(Cl)cc1. The average molecular weight is 596 g/mol. The van der Waals surface area contributed by atoms with Crippen molar-refractivity contribution in [3.63, 3.8) is 0 Å². The molecule has 1 fully saturated rings. The normalized spacial score (nSPS) is 17.6. The zero-order valence-electron chi connectivity index (χ0n) is 21.3. The van der Waals surface area contributed by atoms with E-state index in [0.717, 1.165) is 16.8 Å². The number of piperidine rings is 1. The summed E-state index contributed by atoms with van der Waals surface area (Å²) in [5, 5.41) is 23.1. The van der Waals surface area contributed by atoms with Crippen LogP contribution in [0.3, 0.4) is 0 Å². The third-order valence-electron chi connectivity index (χ3n) is 6.58. The van der Waals surface area contributed by atoms with E-state index in [4.69, 9.17) is 28.0 Å². The Morgan fingerprint density at radius 3 is 2.12 bits per heavy atom. The van der Waals surface area contributed by atoms with E-state index in [9.17, 15) is 10.1 Å². The number of oxime groups is 1. The Bertz CT molecular complexity index is 1470. The minimum atomic E-state index is -0.444. The molecule has 0 bridgehead atoms. The molecule has 0 saturated carbocycles. The van der Waals surface area contributed by atoms with Crippen LogP contribution < -0.4 is 10.3 Å². The van der Waals surface area contributed by atoms with Crippen LogP contribution in [0.5, 0.6) is 5.88 Å². The van der Waals surface area contributed by atoms with Crippen molar-refractivity contribution in [1.82, 2.24) is 9.88 Å². The number of non-ortho nitro benzene ring substituents is 1. The number of rotatable bonds is 8. The Morgan fingerprint density at radius 2 is 1.57 bits per heavy atom. The van der Waals surface area contributed by atoms with Crippen molar-refractivity contribution in [2.45, 2.75) is 24.9 Å². The molecule has 9 nitrogen and oxygen atoms in total. The summed E-state index contributed by atoms with van der Waals surface area (Å²) in [5.41, 5.74) is 6.78. The van der Waals surface area contributed by atoms with Crippen molar-refractivity contribution in [3.8, 4) is 5.88 Å². The van der Waals surface area contributed by atoms with Gasteiger partial charge in [-0.25, -0.2) is 0 Å². The van der Waals surface area contributed by atoms with E-state index in [1.165, 1.54) is 23.5 Å². The summed E-state index contributed by atoms with van der Waals surface area (Å²) in [5.74, 6) is 0.357. The smallest absolute Gasteiger partial charge is 0.269 e. The van der Waals surface area contributed by atoms with Crippen LogP contribution in [-0.4, -0.2) is 33.8 Å². The highest BCUT2D eigenvalue weighted by Crippen LogP contribution is 2.40. The van der Waals surface area contributed by atoms with Crippen LogP contribution in [0.1, 0.15) is 41.6 Å². The van der Waals surface area contributed by atoms with Gasteiger partial charge in [-0.15, -0.1) is 0 Å².